The van der Waals surface area contributed by atoms with Crippen molar-refractivity contribution in [3.8, 4) is 11.5 Å². The summed E-state index contributed by atoms with van der Waals surface area (Å²) < 4.78 is 19.2. The molecule has 4 amide bonds. The number of benzene rings is 4. The quantitative estimate of drug-likeness (QED) is 0.141. The average molecular weight is 744 g/mol. The Balaban J connectivity index is 1.29. The fourth-order valence-corrected chi connectivity index (χ4v) is 9.05. The second-order valence-electron chi connectivity index (χ2n) is 14.0. The molecule has 272 valence electrons. The van der Waals surface area contributed by atoms with Crippen molar-refractivity contribution in [2.24, 2.45) is 29.6 Å². The number of hydrazine groups is 1. The van der Waals surface area contributed by atoms with E-state index in [1.54, 1.807) is 72.8 Å². The van der Waals surface area contributed by atoms with E-state index in [0.717, 1.165) is 16.1 Å². The van der Waals surface area contributed by atoms with Crippen molar-refractivity contribution in [1.29, 1.82) is 0 Å². The molecule has 2 saturated heterocycles. The molecule has 9 nitrogen and oxygen atoms in total. The lowest BCUT2D eigenvalue weighted by molar-refractivity contribution is -0.139. The van der Waals surface area contributed by atoms with Gasteiger partial charge in [0.25, 0.3) is 11.8 Å². The number of nitrogens with one attached hydrogen (secondary N) is 1. The van der Waals surface area contributed by atoms with Gasteiger partial charge in [0.05, 0.1) is 41.7 Å². The molecule has 2 N–H and O–H groups in total. The number of phenols is 1. The molecule has 11 heteroatoms. The second-order valence-corrected chi connectivity index (χ2v) is 14.5. The number of aromatic hydroxyl groups is 1. The third kappa shape index (κ3) is 5.43. The highest BCUT2D eigenvalue weighted by Crippen LogP contribution is 2.61. The van der Waals surface area contributed by atoms with Crippen LogP contribution in [0.1, 0.15) is 29.5 Å². The molecule has 4 aliphatic rings. The largest absolute Gasteiger partial charge is 0.504 e. The van der Waals surface area contributed by atoms with Gasteiger partial charge in [-0.3, -0.25) is 29.5 Å². The Kier molecular flexibility index (Phi) is 8.73. The molecule has 0 unspecified atom stereocenters. The number of carbonyl (C=O) groups is 4. The lowest BCUT2D eigenvalue weighted by Crippen LogP contribution is -2.54. The maximum Gasteiger partial charge on any atom is 0.260 e. The number of anilines is 2. The number of amides is 4. The summed E-state index contributed by atoms with van der Waals surface area (Å²) in [6, 6.07) is 24.1. The van der Waals surface area contributed by atoms with Gasteiger partial charge in [-0.25, -0.2) is 4.39 Å². The fraction of sp³-hybridized carbons (Fsp3) is 0.209. The van der Waals surface area contributed by atoms with Crippen LogP contribution >= 0.6 is 11.6 Å². The topological polar surface area (TPSA) is 116 Å². The van der Waals surface area contributed by atoms with E-state index in [2.05, 4.69) is 12.0 Å². The van der Waals surface area contributed by atoms with Gasteiger partial charge < -0.3 is 9.84 Å². The lowest BCUT2D eigenvalue weighted by atomic mass is 9.50. The van der Waals surface area contributed by atoms with Gasteiger partial charge in [-0.2, -0.15) is 5.01 Å². The summed E-state index contributed by atoms with van der Waals surface area (Å²) in [7, 11) is 1.44. The predicted molar refractivity (Wildman–Crippen MR) is 202 cm³/mol. The van der Waals surface area contributed by atoms with Crippen molar-refractivity contribution in [1.82, 2.24) is 5.01 Å². The summed E-state index contributed by atoms with van der Waals surface area (Å²) in [5.74, 6) is -5.71. The van der Waals surface area contributed by atoms with Crippen LogP contribution in [0.4, 0.5) is 15.8 Å². The van der Waals surface area contributed by atoms with Gasteiger partial charge in [0.2, 0.25) is 11.8 Å². The van der Waals surface area contributed by atoms with Crippen LogP contribution in [0.25, 0.3) is 12.2 Å². The first-order valence-electron chi connectivity index (χ1n) is 17.6. The van der Waals surface area contributed by atoms with E-state index in [9.17, 15) is 23.9 Å². The summed E-state index contributed by atoms with van der Waals surface area (Å²) in [4.78, 5) is 59.7. The molecular weight excluding hydrogens is 709 g/mol. The summed E-state index contributed by atoms with van der Waals surface area (Å²) in [5, 5.41) is 11.7. The first-order valence-corrected chi connectivity index (χ1v) is 18.0. The van der Waals surface area contributed by atoms with Gasteiger partial charge in [-0.05, 0) is 96.1 Å². The number of allylic oxidation sites excluding steroid dienone is 3. The highest BCUT2D eigenvalue weighted by atomic mass is 35.5. The first kappa shape index (κ1) is 35.1. The zero-order valence-corrected chi connectivity index (χ0v) is 29.9. The van der Waals surface area contributed by atoms with Crippen molar-refractivity contribution in [3.05, 3.63) is 143 Å². The Morgan fingerprint density at radius 3 is 2.30 bits per heavy atom. The van der Waals surface area contributed by atoms with Gasteiger partial charge >= 0.3 is 0 Å². The molecule has 4 aromatic carbocycles. The van der Waals surface area contributed by atoms with Crippen LogP contribution < -0.4 is 15.1 Å². The fourth-order valence-electron chi connectivity index (χ4n) is 8.92. The van der Waals surface area contributed by atoms with Gasteiger partial charge in [0, 0.05) is 10.9 Å². The molecular formula is C43H35ClFN3O6. The molecule has 3 fully saturated rings. The normalized spacial score (nSPS) is 26.1. The Morgan fingerprint density at radius 2 is 1.61 bits per heavy atom. The van der Waals surface area contributed by atoms with Crippen molar-refractivity contribution in [2.45, 2.75) is 18.3 Å². The average Bonchev–Trinajstić information content (AvgIpc) is 3.56. The molecule has 0 spiro atoms. The molecule has 0 bridgehead atoms. The van der Waals surface area contributed by atoms with Crippen LogP contribution in [0.5, 0.6) is 11.5 Å². The van der Waals surface area contributed by atoms with Crippen LogP contribution in [0.15, 0.2) is 115 Å². The van der Waals surface area contributed by atoms with Crippen molar-refractivity contribution >= 4 is 58.8 Å². The Labute approximate surface area is 316 Å². The van der Waals surface area contributed by atoms with Crippen LogP contribution in [0.2, 0.25) is 5.02 Å². The van der Waals surface area contributed by atoms with Gasteiger partial charge in [-0.1, -0.05) is 78.4 Å². The molecule has 2 aliphatic heterocycles. The van der Waals surface area contributed by atoms with Crippen LogP contribution in [-0.4, -0.2) is 40.9 Å². The Morgan fingerprint density at radius 1 is 0.907 bits per heavy atom. The number of halogens is 2. The lowest BCUT2D eigenvalue weighted by Gasteiger charge is -2.49. The third-order valence-electron chi connectivity index (χ3n) is 11.4. The smallest absolute Gasteiger partial charge is 0.260 e. The van der Waals surface area contributed by atoms with E-state index >= 15 is 4.79 Å². The molecule has 54 heavy (non-hydrogen) atoms. The minimum absolute atomic E-state index is 0.0433. The molecule has 2 heterocycles. The number of methoxy groups -OCH3 is 1. The zero-order chi connectivity index (χ0) is 37.9. The molecule has 8 rings (SSSR count). The molecule has 0 aromatic heterocycles. The highest BCUT2D eigenvalue weighted by Gasteiger charge is 2.69. The maximum atomic E-state index is 15.2. The molecule has 6 atom stereocenters. The van der Waals surface area contributed by atoms with E-state index in [-0.39, 0.29) is 36.2 Å². The summed E-state index contributed by atoms with van der Waals surface area (Å²) >= 11 is 6.36. The monoisotopic (exact) mass is 743 g/mol. The number of carbonyl (C=O) groups excluding carboxylic acids is 4. The molecule has 0 radical (unpaired) electrons. The van der Waals surface area contributed by atoms with Crippen LogP contribution in [0, 0.1) is 35.4 Å². The van der Waals surface area contributed by atoms with E-state index < -0.39 is 52.6 Å². The van der Waals surface area contributed by atoms with Crippen LogP contribution in [0.3, 0.4) is 0 Å². The number of rotatable bonds is 8. The van der Waals surface area contributed by atoms with Gasteiger partial charge in [0.1, 0.15) is 5.82 Å². The molecule has 4 aromatic rings. The van der Waals surface area contributed by atoms with Gasteiger partial charge in [0.15, 0.2) is 11.5 Å². The molecule has 1 saturated carbocycles. The second kappa shape index (κ2) is 13.4. The van der Waals surface area contributed by atoms with Crippen LogP contribution in [-0.2, 0) is 24.6 Å². The predicted octanol–water partition coefficient (Wildman–Crippen LogP) is 7.57. The summed E-state index contributed by atoms with van der Waals surface area (Å²) in [6.45, 7) is 3.79. The van der Waals surface area contributed by atoms with Crippen molar-refractivity contribution in [2.75, 3.05) is 17.4 Å². The standard InChI is InChI=1S/C43H35ClFN3O6/c1-3-24-4-16-30(17-5-24)47-39(50)32-19-18-31-33(38(32)41(47)52)23-35-40(51)48(46-29-14-12-28(45)13-15-29)42(53)43(35,26-8-10-27(44)11-9-26)34(31)20-6-25-7-21-36(49)37(22-25)54-2/h3-18,20-22,32-35,38,46,49H,1,19,23H2,2H3/t32-,33+,34-,35-,38-,43-/m0/s1. The van der Waals surface area contributed by atoms with Gasteiger partial charge in [-0.15, -0.1) is 0 Å². The Bertz CT molecular complexity index is 2270. The zero-order valence-electron chi connectivity index (χ0n) is 29.1. The number of hydrogen-bond donors (Lipinski definition) is 2. The number of phenolic OH excluding ortho intramolecular Hbond substituents is 1. The third-order valence-corrected chi connectivity index (χ3v) is 11.6. The van der Waals surface area contributed by atoms with E-state index in [4.69, 9.17) is 16.3 Å². The van der Waals surface area contributed by atoms with E-state index in [0.29, 0.717) is 27.5 Å². The maximum absolute atomic E-state index is 15.2. The van der Waals surface area contributed by atoms with Crippen molar-refractivity contribution < 1.29 is 33.4 Å². The number of fused-ring (bicyclic) bond motifs is 4. The summed E-state index contributed by atoms with van der Waals surface area (Å²) in [5.41, 5.74) is 5.05. The minimum atomic E-state index is -1.51. The highest BCUT2D eigenvalue weighted by molar-refractivity contribution is 6.30. The molecule has 2 aliphatic carbocycles. The number of imide groups is 2. The first-order chi connectivity index (χ1) is 26.1. The van der Waals surface area contributed by atoms with E-state index in [1.165, 1.54) is 42.3 Å². The summed E-state index contributed by atoms with van der Waals surface area (Å²) in [6.07, 6.45) is 7.70. The van der Waals surface area contributed by atoms with E-state index in [1.807, 2.05) is 12.2 Å². The SMILES string of the molecule is C=Cc1ccc(N2C(=O)[C@H]3[C@H](CC=C4[C@H]3C[C@H]3C(=O)N(Nc5ccc(F)cc5)C(=O)[C@@]3(c3ccc(Cl)cc3)[C@H]4C=Cc3ccc(O)c(OC)c3)C2=O)cc1. The minimum Gasteiger partial charge on any atom is -0.504 e. The number of nitrogens with zero attached hydrogens (tertiary/aromatic N) is 2. The number of hydrogen-bond acceptors (Lipinski definition) is 7. The van der Waals surface area contributed by atoms with Crippen molar-refractivity contribution in [3.63, 3.8) is 0 Å². The Hall–Kier alpha value is -6.00. The number of ether oxygens (including phenoxy) is 1.